The van der Waals surface area contributed by atoms with Gasteiger partial charge in [-0.3, -0.25) is 4.40 Å². The molecule has 5 rings (SSSR count). The van der Waals surface area contributed by atoms with Gasteiger partial charge in [-0.2, -0.15) is 0 Å². The smallest absolute Gasteiger partial charge is 0.211 e. The van der Waals surface area contributed by atoms with E-state index in [9.17, 15) is 4.55 Å². The third kappa shape index (κ3) is 4.77. The van der Waals surface area contributed by atoms with Gasteiger partial charge in [-0.05, 0) is 46.6 Å². The summed E-state index contributed by atoms with van der Waals surface area (Å²) in [6, 6.07) is 1.89. The van der Waals surface area contributed by atoms with Crippen molar-refractivity contribution in [3.63, 3.8) is 0 Å². The summed E-state index contributed by atoms with van der Waals surface area (Å²) in [5, 5.41) is 0.432. The van der Waals surface area contributed by atoms with Gasteiger partial charge in [0.2, 0.25) is 5.95 Å². The minimum absolute atomic E-state index is 0.0201. The fourth-order valence-corrected chi connectivity index (χ4v) is 7.09. The molecule has 3 N–H and O–H groups in total. The van der Waals surface area contributed by atoms with Gasteiger partial charge in [0.25, 0.3) is 0 Å². The quantitative estimate of drug-likeness (QED) is 0.456. The lowest BCUT2D eigenvalue weighted by atomic mass is 9.73. The first-order valence-electron chi connectivity index (χ1n) is 12.0. The predicted molar refractivity (Wildman–Crippen MR) is 145 cm³/mol. The van der Waals surface area contributed by atoms with E-state index >= 15 is 0 Å². The van der Waals surface area contributed by atoms with Crippen molar-refractivity contribution in [2.45, 2.75) is 67.2 Å². The zero-order valence-corrected chi connectivity index (χ0v) is 23.3. The molecule has 36 heavy (non-hydrogen) atoms. The lowest BCUT2D eigenvalue weighted by molar-refractivity contribution is 0.0972. The molecule has 0 bridgehead atoms. The van der Waals surface area contributed by atoms with E-state index in [0.717, 1.165) is 47.3 Å². The van der Waals surface area contributed by atoms with E-state index in [1.807, 2.05) is 43.6 Å². The number of ether oxygens (including phenoxy) is 1. The zero-order chi connectivity index (χ0) is 25.7. The van der Waals surface area contributed by atoms with E-state index < -0.39 is 11.4 Å². The lowest BCUT2D eigenvalue weighted by Crippen LogP contribution is -2.56. The molecule has 0 unspecified atom stereocenters. The number of piperidine rings is 1. The van der Waals surface area contributed by atoms with Crippen LogP contribution >= 0.6 is 23.4 Å². The second-order valence-corrected chi connectivity index (χ2v) is 14.0. The average Bonchev–Trinajstić information content (AvgIpc) is 3.44. The van der Waals surface area contributed by atoms with Crippen LogP contribution in [0.15, 0.2) is 40.6 Å². The summed E-state index contributed by atoms with van der Waals surface area (Å²) >= 11 is 6.68. The number of nitrogens with one attached hydrogen (secondary N) is 1. The molecule has 0 saturated carbocycles. The Hall–Kier alpha value is -1.76. The molecule has 1 spiro atoms. The number of pyridine rings is 1. The van der Waals surface area contributed by atoms with Gasteiger partial charge in [0.05, 0.1) is 28.7 Å². The molecule has 2 fully saturated rings. The molecule has 2 aliphatic heterocycles. The molecule has 0 aromatic carbocycles. The van der Waals surface area contributed by atoms with Gasteiger partial charge < -0.3 is 19.9 Å². The van der Waals surface area contributed by atoms with Gasteiger partial charge in [0.15, 0.2) is 5.65 Å². The number of fused-ring (bicyclic) bond motifs is 1. The number of rotatable bonds is 5. The largest absolute Gasteiger partial charge is 0.598 e. The van der Waals surface area contributed by atoms with Crippen molar-refractivity contribution in [1.29, 1.82) is 0 Å². The molecular formula is C24H32ClN7O2S2. The molecule has 12 heteroatoms. The molecule has 194 valence electrons. The van der Waals surface area contributed by atoms with Crippen LogP contribution < -0.4 is 15.4 Å². The molecule has 3 aromatic rings. The number of nitrogens with zero attached hydrogens (tertiary/aromatic N) is 5. The molecule has 0 aliphatic carbocycles. The van der Waals surface area contributed by atoms with E-state index in [-0.39, 0.29) is 22.3 Å². The van der Waals surface area contributed by atoms with E-state index in [1.54, 1.807) is 12.4 Å². The number of hydrogen-bond acceptors (Lipinski definition) is 9. The van der Waals surface area contributed by atoms with Gasteiger partial charge in [0, 0.05) is 59.5 Å². The van der Waals surface area contributed by atoms with Crippen molar-refractivity contribution in [3.05, 3.63) is 35.9 Å². The van der Waals surface area contributed by atoms with Gasteiger partial charge in [-0.15, -0.1) is 4.72 Å². The normalized spacial score (nSPS) is 23.0. The molecule has 2 aliphatic rings. The topological polar surface area (TPSA) is 117 Å². The molecule has 0 radical (unpaired) electrons. The molecule has 5 heterocycles. The number of nitrogen functional groups attached to an aromatic ring is 1. The standard InChI is InChI=1S/C24H32ClN7O2S2/c1-15-19(30-36(33)23(2,3)4)24(14-34-15)6-10-31(11-7-24)22-29-13-17(21-28-9-12-32(21)22)35-16-5-8-27-20(26)18(16)25/h5,8-9,12-13,15,19,30H,6-7,10-11,14H2,1-4H3,(H2,26,27)/t15-,19+,36+/m0/s1. The van der Waals surface area contributed by atoms with Crippen LogP contribution in [0.5, 0.6) is 0 Å². The SMILES string of the molecule is C[C@@H]1OCC2(CCN(c3ncc(Sc4ccnc(N)c4Cl)c4nccn34)CC2)[C@@H]1N[S@+]([O-])C(C)(C)C. The third-order valence-electron chi connectivity index (χ3n) is 7.07. The van der Waals surface area contributed by atoms with Crippen LogP contribution in [0.2, 0.25) is 5.02 Å². The number of imidazole rings is 1. The second-order valence-electron chi connectivity index (χ2n) is 10.5. The van der Waals surface area contributed by atoms with Gasteiger partial charge >= 0.3 is 0 Å². The summed E-state index contributed by atoms with van der Waals surface area (Å²) in [6.07, 6.45) is 9.08. The summed E-state index contributed by atoms with van der Waals surface area (Å²) in [5.74, 6) is 1.16. The van der Waals surface area contributed by atoms with Gasteiger partial charge in [-0.1, -0.05) is 23.4 Å². The highest BCUT2D eigenvalue weighted by atomic mass is 35.5. The number of hydrogen-bond donors (Lipinski definition) is 2. The van der Waals surface area contributed by atoms with E-state index in [1.165, 1.54) is 11.8 Å². The van der Waals surface area contributed by atoms with Crippen molar-refractivity contribution in [2.75, 3.05) is 30.3 Å². The first-order valence-corrected chi connectivity index (χ1v) is 14.4. The summed E-state index contributed by atoms with van der Waals surface area (Å²) in [6.45, 7) is 10.4. The lowest BCUT2D eigenvalue weighted by Gasteiger charge is -2.43. The van der Waals surface area contributed by atoms with Crippen molar-refractivity contribution >= 4 is 52.1 Å². The molecule has 3 aromatic heterocycles. The summed E-state index contributed by atoms with van der Waals surface area (Å²) in [7, 11) is 0. The minimum atomic E-state index is -1.15. The summed E-state index contributed by atoms with van der Waals surface area (Å²) < 4.78 is 24.1. The molecule has 9 nitrogen and oxygen atoms in total. The van der Waals surface area contributed by atoms with E-state index in [4.69, 9.17) is 27.1 Å². The number of nitrogens with two attached hydrogens (primary N) is 1. The Labute approximate surface area is 223 Å². The molecule has 3 atom stereocenters. The highest BCUT2D eigenvalue weighted by Crippen LogP contribution is 2.44. The van der Waals surface area contributed by atoms with Gasteiger partial charge in [0.1, 0.15) is 10.6 Å². The first-order chi connectivity index (χ1) is 17.1. The molecule has 0 amide bonds. The number of halogens is 1. The van der Waals surface area contributed by atoms with Crippen molar-refractivity contribution < 1.29 is 9.29 Å². The fourth-order valence-electron chi connectivity index (χ4n) is 4.93. The highest BCUT2D eigenvalue weighted by molar-refractivity contribution is 7.99. The number of aromatic nitrogens is 4. The van der Waals surface area contributed by atoms with E-state index in [0.29, 0.717) is 17.4 Å². The Kier molecular flexibility index (Phi) is 7.08. The Balaban J connectivity index is 1.35. The van der Waals surface area contributed by atoms with Crippen molar-refractivity contribution in [3.8, 4) is 0 Å². The Bertz CT molecular complexity index is 1240. The maximum absolute atomic E-state index is 12.9. The van der Waals surface area contributed by atoms with Crippen LogP contribution in [0.25, 0.3) is 5.65 Å². The van der Waals surface area contributed by atoms with Crippen molar-refractivity contribution in [1.82, 2.24) is 24.1 Å². The predicted octanol–water partition coefficient (Wildman–Crippen LogP) is 3.94. The number of anilines is 2. The monoisotopic (exact) mass is 549 g/mol. The Morgan fingerprint density at radius 1 is 1.22 bits per heavy atom. The van der Waals surface area contributed by atoms with Crippen LogP contribution in [0.1, 0.15) is 40.5 Å². The van der Waals surface area contributed by atoms with Crippen LogP contribution in [-0.4, -0.2) is 60.5 Å². The summed E-state index contributed by atoms with van der Waals surface area (Å²) in [5.41, 5.74) is 6.65. The van der Waals surface area contributed by atoms with Crippen LogP contribution in [0, 0.1) is 5.41 Å². The minimum Gasteiger partial charge on any atom is -0.598 e. The molecule has 2 saturated heterocycles. The maximum atomic E-state index is 12.9. The Morgan fingerprint density at radius 3 is 2.69 bits per heavy atom. The van der Waals surface area contributed by atoms with Gasteiger partial charge in [-0.25, -0.2) is 15.0 Å². The Morgan fingerprint density at radius 2 is 1.97 bits per heavy atom. The summed E-state index contributed by atoms with van der Waals surface area (Å²) in [4.78, 5) is 17.4. The van der Waals surface area contributed by atoms with Crippen LogP contribution in [0.3, 0.4) is 0 Å². The van der Waals surface area contributed by atoms with Crippen LogP contribution in [0.4, 0.5) is 11.8 Å². The zero-order valence-electron chi connectivity index (χ0n) is 20.9. The highest BCUT2D eigenvalue weighted by Gasteiger charge is 2.52. The van der Waals surface area contributed by atoms with Crippen molar-refractivity contribution in [2.24, 2.45) is 5.41 Å². The second kappa shape index (κ2) is 9.85. The molecular weight excluding hydrogens is 518 g/mol. The average molecular weight is 550 g/mol. The fraction of sp³-hybridized carbons (Fsp3) is 0.542. The van der Waals surface area contributed by atoms with Crippen LogP contribution in [-0.2, 0) is 16.1 Å². The maximum Gasteiger partial charge on any atom is 0.211 e. The third-order valence-corrected chi connectivity index (χ3v) is 10.2. The first kappa shape index (κ1) is 25.9. The van der Waals surface area contributed by atoms with E-state index in [2.05, 4.69) is 26.5 Å².